The molecule has 21 heavy (non-hydrogen) atoms. The van der Waals surface area contributed by atoms with Crippen LogP contribution in [-0.2, 0) is 11.2 Å². The minimum absolute atomic E-state index is 0.316. The van der Waals surface area contributed by atoms with Crippen LogP contribution in [0, 0.1) is 6.92 Å². The smallest absolute Gasteiger partial charge is 0.122 e. The molecule has 0 aliphatic carbocycles. The SMILES string of the molecule is CCCNC(Cc1cc(C)ccc1OC)C1CCC(C)O1. The molecule has 0 aromatic heterocycles. The first-order valence-electron chi connectivity index (χ1n) is 8.16. The van der Waals surface area contributed by atoms with E-state index in [0.717, 1.165) is 31.6 Å². The minimum Gasteiger partial charge on any atom is -0.496 e. The van der Waals surface area contributed by atoms with Gasteiger partial charge in [-0.3, -0.25) is 0 Å². The monoisotopic (exact) mass is 291 g/mol. The van der Waals surface area contributed by atoms with Gasteiger partial charge in [-0.2, -0.15) is 0 Å². The Bertz CT molecular complexity index is 447. The zero-order chi connectivity index (χ0) is 15.2. The highest BCUT2D eigenvalue weighted by Crippen LogP contribution is 2.27. The molecule has 0 radical (unpaired) electrons. The number of rotatable bonds is 7. The van der Waals surface area contributed by atoms with E-state index in [1.54, 1.807) is 7.11 Å². The molecule has 118 valence electrons. The molecule has 3 heteroatoms. The van der Waals surface area contributed by atoms with Crippen LogP contribution < -0.4 is 10.1 Å². The van der Waals surface area contributed by atoms with Gasteiger partial charge in [-0.25, -0.2) is 0 Å². The molecule has 1 fully saturated rings. The Kier molecular flexibility index (Phi) is 6.07. The summed E-state index contributed by atoms with van der Waals surface area (Å²) in [7, 11) is 1.75. The Hall–Kier alpha value is -1.06. The van der Waals surface area contributed by atoms with E-state index >= 15 is 0 Å². The summed E-state index contributed by atoms with van der Waals surface area (Å²) < 4.78 is 11.6. The molecule has 3 nitrogen and oxygen atoms in total. The normalized spacial score (nSPS) is 23.2. The predicted octanol–water partition coefficient (Wildman–Crippen LogP) is 3.48. The van der Waals surface area contributed by atoms with Crippen LogP contribution in [0.3, 0.4) is 0 Å². The summed E-state index contributed by atoms with van der Waals surface area (Å²) in [6.07, 6.45) is 5.12. The molecule has 1 aliphatic heterocycles. The summed E-state index contributed by atoms with van der Waals surface area (Å²) >= 11 is 0. The highest BCUT2D eigenvalue weighted by Gasteiger charge is 2.29. The zero-order valence-electron chi connectivity index (χ0n) is 13.8. The van der Waals surface area contributed by atoms with E-state index < -0.39 is 0 Å². The lowest BCUT2D eigenvalue weighted by atomic mass is 9.97. The maximum atomic E-state index is 6.09. The topological polar surface area (TPSA) is 30.5 Å². The van der Waals surface area contributed by atoms with E-state index in [-0.39, 0.29) is 0 Å². The molecule has 0 bridgehead atoms. The van der Waals surface area contributed by atoms with Gasteiger partial charge >= 0.3 is 0 Å². The average molecular weight is 291 g/mol. The Morgan fingerprint density at radius 2 is 2.19 bits per heavy atom. The van der Waals surface area contributed by atoms with Gasteiger partial charge < -0.3 is 14.8 Å². The number of benzene rings is 1. The van der Waals surface area contributed by atoms with Crippen molar-refractivity contribution in [2.75, 3.05) is 13.7 Å². The second kappa shape index (κ2) is 7.81. The third-order valence-electron chi connectivity index (χ3n) is 4.25. The summed E-state index contributed by atoms with van der Waals surface area (Å²) in [5.74, 6) is 0.981. The first-order chi connectivity index (χ1) is 10.1. The second-order valence-corrected chi connectivity index (χ2v) is 6.14. The van der Waals surface area contributed by atoms with Crippen LogP contribution in [0.1, 0.15) is 44.2 Å². The zero-order valence-corrected chi connectivity index (χ0v) is 13.8. The van der Waals surface area contributed by atoms with E-state index in [0.29, 0.717) is 18.2 Å². The van der Waals surface area contributed by atoms with E-state index in [2.05, 4.69) is 44.3 Å². The van der Waals surface area contributed by atoms with Gasteiger partial charge in [-0.1, -0.05) is 24.6 Å². The first kappa shape index (κ1) is 16.3. The third-order valence-corrected chi connectivity index (χ3v) is 4.25. The number of hydrogen-bond acceptors (Lipinski definition) is 3. The van der Waals surface area contributed by atoms with Crippen molar-refractivity contribution in [1.82, 2.24) is 5.32 Å². The summed E-state index contributed by atoms with van der Waals surface area (Å²) in [4.78, 5) is 0. The Balaban J connectivity index is 2.12. The van der Waals surface area contributed by atoms with Crippen molar-refractivity contribution in [2.45, 2.75) is 64.7 Å². The van der Waals surface area contributed by atoms with Crippen LogP contribution in [-0.4, -0.2) is 31.9 Å². The van der Waals surface area contributed by atoms with Crippen molar-refractivity contribution in [2.24, 2.45) is 0 Å². The van der Waals surface area contributed by atoms with E-state index in [1.807, 2.05) is 0 Å². The van der Waals surface area contributed by atoms with Crippen LogP contribution >= 0.6 is 0 Å². The highest BCUT2D eigenvalue weighted by atomic mass is 16.5. The van der Waals surface area contributed by atoms with Crippen molar-refractivity contribution >= 4 is 0 Å². The standard InChI is InChI=1S/C18H29NO2/c1-5-10-19-16(18-9-7-14(3)21-18)12-15-11-13(2)6-8-17(15)20-4/h6,8,11,14,16,18-19H,5,7,9-10,12H2,1-4H3. The van der Waals surface area contributed by atoms with Gasteiger partial charge in [0.05, 0.1) is 19.3 Å². The molecule has 1 N–H and O–H groups in total. The number of hydrogen-bond donors (Lipinski definition) is 1. The predicted molar refractivity (Wildman–Crippen MR) is 87.1 cm³/mol. The van der Waals surface area contributed by atoms with Crippen LogP contribution in [0.5, 0.6) is 5.75 Å². The van der Waals surface area contributed by atoms with Crippen LogP contribution in [0.25, 0.3) is 0 Å². The quantitative estimate of drug-likeness (QED) is 0.834. The maximum Gasteiger partial charge on any atom is 0.122 e. The van der Waals surface area contributed by atoms with Crippen molar-refractivity contribution in [3.63, 3.8) is 0 Å². The van der Waals surface area contributed by atoms with Gasteiger partial charge in [0.2, 0.25) is 0 Å². The lowest BCUT2D eigenvalue weighted by Gasteiger charge is -2.26. The molecule has 1 aromatic carbocycles. The van der Waals surface area contributed by atoms with Crippen LogP contribution in [0.15, 0.2) is 18.2 Å². The van der Waals surface area contributed by atoms with Crippen molar-refractivity contribution < 1.29 is 9.47 Å². The fourth-order valence-electron chi connectivity index (χ4n) is 3.10. The summed E-state index contributed by atoms with van der Waals surface area (Å²) in [6.45, 7) is 7.54. The maximum absolute atomic E-state index is 6.09. The molecular weight excluding hydrogens is 262 g/mol. The van der Waals surface area contributed by atoms with Crippen LogP contribution in [0.2, 0.25) is 0 Å². The molecule has 0 spiro atoms. The second-order valence-electron chi connectivity index (χ2n) is 6.14. The third kappa shape index (κ3) is 4.45. The molecule has 1 aromatic rings. The number of nitrogens with one attached hydrogen (secondary N) is 1. The Morgan fingerprint density at radius 1 is 1.38 bits per heavy atom. The van der Waals surface area contributed by atoms with Crippen LogP contribution in [0.4, 0.5) is 0 Å². The van der Waals surface area contributed by atoms with E-state index in [1.165, 1.54) is 17.5 Å². The molecule has 1 heterocycles. The molecule has 0 saturated carbocycles. The number of methoxy groups -OCH3 is 1. The van der Waals surface area contributed by atoms with Crippen molar-refractivity contribution in [3.05, 3.63) is 29.3 Å². The number of aryl methyl sites for hydroxylation is 1. The van der Waals surface area contributed by atoms with Gasteiger partial charge in [0.25, 0.3) is 0 Å². The fraction of sp³-hybridized carbons (Fsp3) is 0.667. The molecule has 2 rings (SSSR count). The largest absolute Gasteiger partial charge is 0.496 e. The van der Waals surface area contributed by atoms with E-state index in [9.17, 15) is 0 Å². The van der Waals surface area contributed by atoms with E-state index in [4.69, 9.17) is 9.47 Å². The molecule has 3 unspecified atom stereocenters. The summed E-state index contributed by atoms with van der Waals surface area (Å²) in [5, 5.41) is 3.67. The minimum atomic E-state index is 0.316. The average Bonchev–Trinajstić information content (AvgIpc) is 2.90. The van der Waals surface area contributed by atoms with Gasteiger partial charge in [0.15, 0.2) is 0 Å². The summed E-state index contributed by atoms with van der Waals surface area (Å²) in [5.41, 5.74) is 2.55. The molecule has 3 atom stereocenters. The molecule has 1 saturated heterocycles. The molecular formula is C18H29NO2. The first-order valence-corrected chi connectivity index (χ1v) is 8.16. The molecule has 1 aliphatic rings. The lowest BCUT2D eigenvalue weighted by molar-refractivity contribution is 0.0319. The highest BCUT2D eigenvalue weighted by molar-refractivity contribution is 5.37. The van der Waals surface area contributed by atoms with Gasteiger partial charge in [0, 0.05) is 6.04 Å². The van der Waals surface area contributed by atoms with Crippen molar-refractivity contribution in [3.8, 4) is 5.75 Å². The Labute approximate surface area is 129 Å². The Morgan fingerprint density at radius 3 is 2.81 bits per heavy atom. The van der Waals surface area contributed by atoms with Gasteiger partial charge in [-0.05, 0) is 57.7 Å². The van der Waals surface area contributed by atoms with Gasteiger partial charge in [0.1, 0.15) is 5.75 Å². The van der Waals surface area contributed by atoms with Crippen molar-refractivity contribution in [1.29, 1.82) is 0 Å². The summed E-state index contributed by atoms with van der Waals surface area (Å²) in [6, 6.07) is 6.77. The van der Waals surface area contributed by atoms with Gasteiger partial charge in [-0.15, -0.1) is 0 Å². The number of ether oxygens (including phenoxy) is 2. The fourth-order valence-corrected chi connectivity index (χ4v) is 3.10. The lowest BCUT2D eigenvalue weighted by Crippen LogP contribution is -2.42. The molecule has 0 amide bonds.